The van der Waals surface area contributed by atoms with Gasteiger partial charge in [-0.25, -0.2) is 4.98 Å². The van der Waals surface area contributed by atoms with Gasteiger partial charge in [0.2, 0.25) is 0 Å². The summed E-state index contributed by atoms with van der Waals surface area (Å²) >= 11 is 1.68. The minimum Gasteiger partial charge on any atom is -0.379 e. The van der Waals surface area contributed by atoms with E-state index >= 15 is 0 Å². The molecule has 0 spiro atoms. The Morgan fingerprint density at radius 2 is 2.05 bits per heavy atom. The Morgan fingerprint density at radius 3 is 2.76 bits per heavy atom. The second kappa shape index (κ2) is 5.90. The first-order chi connectivity index (χ1) is 10.2. The lowest BCUT2D eigenvalue weighted by Gasteiger charge is -2.11. The molecule has 0 amide bonds. The summed E-state index contributed by atoms with van der Waals surface area (Å²) in [5.74, 6) is 0.626. The second-order valence-corrected chi connectivity index (χ2v) is 6.36. The molecule has 3 nitrogen and oxygen atoms in total. The van der Waals surface area contributed by atoms with E-state index in [2.05, 4.69) is 71.3 Å². The van der Waals surface area contributed by atoms with Gasteiger partial charge in [-0.3, -0.25) is 4.40 Å². The third-order valence-corrected chi connectivity index (χ3v) is 4.87. The number of fused-ring (bicyclic) bond motifs is 1. The fraction of sp³-hybridized carbons (Fsp3) is 0.353. The van der Waals surface area contributed by atoms with Gasteiger partial charge in [-0.1, -0.05) is 26.0 Å². The maximum atomic E-state index is 4.58. The van der Waals surface area contributed by atoms with Gasteiger partial charge in [-0.05, 0) is 37.0 Å². The van der Waals surface area contributed by atoms with Crippen molar-refractivity contribution in [3.05, 3.63) is 52.8 Å². The highest BCUT2D eigenvalue weighted by atomic mass is 32.1. The molecule has 0 aliphatic carbocycles. The minimum atomic E-state index is 0.626. The molecular weight excluding hydrogens is 278 g/mol. The fourth-order valence-corrected chi connectivity index (χ4v) is 3.28. The van der Waals surface area contributed by atoms with Gasteiger partial charge < -0.3 is 5.32 Å². The van der Waals surface area contributed by atoms with E-state index in [1.54, 1.807) is 11.3 Å². The Bertz CT molecular complexity index is 724. The van der Waals surface area contributed by atoms with Crippen LogP contribution in [0, 0.1) is 6.92 Å². The standard InChI is InChI=1S/C17H21N3S/c1-4-12(2)14-5-7-15(8-6-14)18-11-16-13(3)19-17-20(16)9-10-21-17/h5-10,12,18H,4,11H2,1-3H3. The van der Waals surface area contributed by atoms with E-state index in [1.165, 1.54) is 17.7 Å². The number of rotatable bonds is 5. The van der Waals surface area contributed by atoms with E-state index in [1.807, 2.05) is 0 Å². The predicted octanol–water partition coefficient (Wildman–Crippen LogP) is 4.83. The Labute approximate surface area is 129 Å². The number of aryl methyl sites for hydroxylation is 1. The molecule has 0 radical (unpaired) electrons. The van der Waals surface area contributed by atoms with Crippen molar-refractivity contribution in [2.24, 2.45) is 0 Å². The number of hydrogen-bond donors (Lipinski definition) is 1. The average molecular weight is 299 g/mol. The lowest BCUT2D eigenvalue weighted by atomic mass is 9.99. The van der Waals surface area contributed by atoms with Crippen molar-refractivity contribution in [3.8, 4) is 0 Å². The summed E-state index contributed by atoms with van der Waals surface area (Å²) in [4.78, 5) is 5.64. The molecule has 1 atom stereocenters. The monoisotopic (exact) mass is 299 g/mol. The molecule has 0 bridgehead atoms. The van der Waals surface area contributed by atoms with E-state index in [9.17, 15) is 0 Å². The third-order valence-electron chi connectivity index (χ3n) is 4.11. The summed E-state index contributed by atoms with van der Waals surface area (Å²) in [5.41, 5.74) is 4.90. The van der Waals surface area contributed by atoms with E-state index in [0.29, 0.717) is 5.92 Å². The maximum absolute atomic E-state index is 4.58. The van der Waals surface area contributed by atoms with Crippen molar-refractivity contribution in [2.75, 3.05) is 5.32 Å². The van der Waals surface area contributed by atoms with Crippen LogP contribution in [0.3, 0.4) is 0 Å². The van der Waals surface area contributed by atoms with Gasteiger partial charge in [-0.2, -0.15) is 0 Å². The van der Waals surface area contributed by atoms with Crippen molar-refractivity contribution >= 4 is 22.0 Å². The zero-order chi connectivity index (χ0) is 14.8. The molecule has 2 heterocycles. The molecule has 0 aliphatic rings. The van der Waals surface area contributed by atoms with Gasteiger partial charge in [0.1, 0.15) is 0 Å². The molecule has 21 heavy (non-hydrogen) atoms. The Kier molecular flexibility index (Phi) is 3.97. The molecule has 0 aliphatic heterocycles. The van der Waals surface area contributed by atoms with E-state index in [4.69, 9.17) is 0 Å². The summed E-state index contributed by atoms with van der Waals surface area (Å²) in [5, 5.41) is 5.57. The molecule has 4 heteroatoms. The molecule has 1 N–H and O–H groups in total. The highest BCUT2D eigenvalue weighted by molar-refractivity contribution is 7.15. The lowest BCUT2D eigenvalue weighted by molar-refractivity contribution is 0.734. The van der Waals surface area contributed by atoms with Crippen LogP contribution in [-0.4, -0.2) is 9.38 Å². The molecule has 0 fully saturated rings. The SMILES string of the molecule is CCC(C)c1ccc(NCc2c(C)nc3sccn23)cc1. The maximum Gasteiger partial charge on any atom is 0.194 e. The van der Waals surface area contributed by atoms with Crippen molar-refractivity contribution in [3.63, 3.8) is 0 Å². The van der Waals surface area contributed by atoms with Crippen molar-refractivity contribution in [1.29, 1.82) is 0 Å². The molecular formula is C17H21N3S. The summed E-state index contributed by atoms with van der Waals surface area (Å²) in [6, 6.07) is 8.78. The van der Waals surface area contributed by atoms with Crippen LogP contribution in [0.1, 0.15) is 43.1 Å². The molecule has 1 unspecified atom stereocenters. The number of nitrogens with zero attached hydrogens (tertiary/aromatic N) is 2. The summed E-state index contributed by atoms with van der Waals surface area (Å²) < 4.78 is 2.17. The van der Waals surface area contributed by atoms with Crippen LogP contribution in [-0.2, 0) is 6.54 Å². The molecule has 1 aromatic carbocycles. The minimum absolute atomic E-state index is 0.626. The van der Waals surface area contributed by atoms with Crippen LogP contribution in [0.5, 0.6) is 0 Å². The number of benzene rings is 1. The second-order valence-electron chi connectivity index (χ2n) is 5.48. The molecule has 2 aromatic heterocycles. The van der Waals surface area contributed by atoms with Crippen LogP contribution in [0.15, 0.2) is 35.8 Å². The van der Waals surface area contributed by atoms with Gasteiger partial charge in [-0.15, -0.1) is 11.3 Å². The summed E-state index contributed by atoms with van der Waals surface area (Å²) in [7, 11) is 0. The number of imidazole rings is 1. The van der Waals surface area contributed by atoms with Crippen molar-refractivity contribution in [2.45, 2.75) is 39.7 Å². The smallest absolute Gasteiger partial charge is 0.194 e. The predicted molar refractivity (Wildman–Crippen MR) is 90.3 cm³/mol. The first kappa shape index (κ1) is 14.1. The normalized spacial score (nSPS) is 12.7. The van der Waals surface area contributed by atoms with Gasteiger partial charge in [0.05, 0.1) is 17.9 Å². The zero-order valence-corrected chi connectivity index (χ0v) is 13.6. The highest BCUT2D eigenvalue weighted by Crippen LogP contribution is 2.22. The highest BCUT2D eigenvalue weighted by Gasteiger charge is 2.09. The van der Waals surface area contributed by atoms with Gasteiger partial charge in [0.15, 0.2) is 4.96 Å². The number of nitrogens with one attached hydrogen (secondary N) is 1. The Hall–Kier alpha value is -1.81. The molecule has 0 saturated carbocycles. The van der Waals surface area contributed by atoms with E-state index in [0.717, 1.165) is 22.9 Å². The molecule has 3 rings (SSSR count). The Morgan fingerprint density at radius 1 is 1.29 bits per heavy atom. The number of aromatic nitrogens is 2. The molecule has 0 saturated heterocycles. The average Bonchev–Trinajstić information content (AvgIpc) is 3.06. The van der Waals surface area contributed by atoms with Crippen LogP contribution >= 0.6 is 11.3 Å². The lowest BCUT2D eigenvalue weighted by Crippen LogP contribution is -2.03. The third kappa shape index (κ3) is 2.81. The van der Waals surface area contributed by atoms with Gasteiger partial charge >= 0.3 is 0 Å². The number of hydrogen-bond acceptors (Lipinski definition) is 3. The first-order valence-corrected chi connectivity index (χ1v) is 8.32. The van der Waals surface area contributed by atoms with Gasteiger partial charge in [0.25, 0.3) is 0 Å². The zero-order valence-electron chi connectivity index (χ0n) is 12.8. The molecule has 110 valence electrons. The number of anilines is 1. The van der Waals surface area contributed by atoms with Gasteiger partial charge in [0, 0.05) is 17.3 Å². The van der Waals surface area contributed by atoms with Crippen LogP contribution in [0.2, 0.25) is 0 Å². The fourth-order valence-electron chi connectivity index (χ4n) is 2.50. The summed E-state index contributed by atoms with van der Waals surface area (Å²) in [6.45, 7) is 7.37. The van der Waals surface area contributed by atoms with Crippen LogP contribution in [0.25, 0.3) is 4.96 Å². The molecule has 3 aromatic rings. The largest absolute Gasteiger partial charge is 0.379 e. The van der Waals surface area contributed by atoms with Crippen molar-refractivity contribution in [1.82, 2.24) is 9.38 Å². The number of thiazole rings is 1. The Balaban J connectivity index is 1.72. The van der Waals surface area contributed by atoms with Crippen molar-refractivity contribution < 1.29 is 0 Å². The van der Waals surface area contributed by atoms with Crippen LogP contribution in [0.4, 0.5) is 5.69 Å². The van der Waals surface area contributed by atoms with E-state index in [-0.39, 0.29) is 0 Å². The topological polar surface area (TPSA) is 29.3 Å². The quantitative estimate of drug-likeness (QED) is 0.731. The first-order valence-electron chi connectivity index (χ1n) is 7.44. The van der Waals surface area contributed by atoms with Crippen LogP contribution < -0.4 is 5.32 Å². The summed E-state index contributed by atoms with van der Waals surface area (Å²) in [6.07, 6.45) is 3.26. The van der Waals surface area contributed by atoms with E-state index < -0.39 is 0 Å².